The fraction of sp³-hybridized carbons (Fsp3) is 0.103. The number of amides is 1. The van der Waals surface area contributed by atoms with Crippen LogP contribution < -0.4 is 19.1 Å². The Kier molecular flexibility index (Phi) is 7.70. The Labute approximate surface area is 247 Å². The molecule has 0 saturated carbocycles. The van der Waals surface area contributed by atoms with E-state index in [1.807, 2.05) is 0 Å². The van der Waals surface area contributed by atoms with Gasteiger partial charge in [-0.2, -0.15) is 16.8 Å². The van der Waals surface area contributed by atoms with E-state index >= 15 is 0 Å². The lowest BCUT2D eigenvalue weighted by Crippen LogP contribution is -2.34. The molecule has 5 rings (SSSR count). The number of rotatable bonds is 8. The third kappa shape index (κ3) is 5.44. The first kappa shape index (κ1) is 29.7. The summed E-state index contributed by atoms with van der Waals surface area (Å²) < 4.78 is 85.9. The lowest BCUT2D eigenvalue weighted by atomic mass is 10.1. The minimum atomic E-state index is -5.08. The van der Waals surface area contributed by atoms with Crippen LogP contribution in [0.1, 0.15) is 11.1 Å². The van der Waals surface area contributed by atoms with E-state index in [4.69, 9.17) is 14.2 Å². The van der Waals surface area contributed by atoms with Crippen molar-refractivity contribution in [2.45, 2.75) is 9.79 Å². The highest BCUT2D eigenvalue weighted by Crippen LogP contribution is 2.41. The van der Waals surface area contributed by atoms with Gasteiger partial charge in [0.15, 0.2) is 11.5 Å². The van der Waals surface area contributed by atoms with E-state index in [0.29, 0.717) is 28.4 Å². The summed E-state index contributed by atoms with van der Waals surface area (Å²) in [5.74, 6) is 0.266. The van der Waals surface area contributed by atoms with Crippen molar-refractivity contribution >= 4 is 54.5 Å². The number of methoxy groups -OCH3 is 3. The molecule has 1 aliphatic heterocycles. The largest absolute Gasteiger partial charge is 0.493 e. The fourth-order valence-corrected chi connectivity index (χ4v) is 6.41. The van der Waals surface area contributed by atoms with E-state index in [9.17, 15) is 30.7 Å². The van der Waals surface area contributed by atoms with Gasteiger partial charge in [-0.25, -0.2) is 4.99 Å². The van der Waals surface area contributed by atoms with Crippen molar-refractivity contribution < 1.29 is 44.9 Å². The van der Waals surface area contributed by atoms with Crippen molar-refractivity contribution in [2.75, 3.05) is 26.2 Å². The van der Waals surface area contributed by atoms with Gasteiger partial charge in [0.1, 0.15) is 21.3 Å². The normalized spacial score (nSPS) is 14.7. The first-order chi connectivity index (χ1) is 20.4. The number of hydrogen-bond acceptors (Lipinski definition) is 9. The molecular formula is C29H24N2O10S2. The second-order valence-corrected chi connectivity index (χ2v) is 11.9. The Bertz CT molecular complexity index is 2030. The van der Waals surface area contributed by atoms with Crippen LogP contribution in [-0.4, -0.2) is 59.0 Å². The fourth-order valence-electron chi connectivity index (χ4n) is 4.83. The lowest BCUT2D eigenvalue weighted by Gasteiger charge is -2.22. The van der Waals surface area contributed by atoms with Gasteiger partial charge < -0.3 is 14.2 Å². The summed E-state index contributed by atoms with van der Waals surface area (Å²) in [6.45, 7) is 0. The molecule has 0 spiro atoms. The van der Waals surface area contributed by atoms with Crippen molar-refractivity contribution in [2.24, 2.45) is 4.99 Å². The number of carbonyl (C=O) groups is 1. The maximum Gasteiger partial charge on any atom is 0.297 e. The van der Waals surface area contributed by atoms with Crippen LogP contribution in [0.15, 0.2) is 93.3 Å². The highest BCUT2D eigenvalue weighted by Gasteiger charge is 2.37. The van der Waals surface area contributed by atoms with E-state index < -0.39 is 35.9 Å². The minimum absolute atomic E-state index is 0.0412. The molecule has 1 heterocycles. The van der Waals surface area contributed by atoms with Crippen LogP contribution in [0, 0.1) is 0 Å². The number of fused-ring (bicyclic) bond motifs is 1. The molecule has 0 aliphatic carbocycles. The maximum absolute atomic E-state index is 14.0. The molecule has 4 aromatic carbocycles. The van der Waals surface area contributed by atoms with Crippen molar-refractivity contribution in [3.05, 3.63) is 89.6 Å². The van der Waals surface area contributed by atoms with Gasteiger partial charge in [-0.15, -0.1) is 0 Å². The van der Waals surface area contributed by atoms with Crippen LogP contribution in [0.25, 0.3) is 16.8 Å². The summed E-state index contributed by atoms with van der Waals surface area (Å²) in [6, 6.07) is 17.6. The molecule has 2 N–H and O–H groups in total. The van der Waals surface area contributed by atoms with Gasteiger partial charge in [0, 0.05) is 16.3 Å². The molecule has 1 amide bonds. The molecule has 0 aromatic heterocycles. The van der Waals surface area contributed by atoms with Gasteiger partial charge in [-0.05, 0) is 35.9 Å². The molecule has 12 nitrogen and oxygen atoms in total. The Morgan fingerprint density at radius 2 is 1.42 bits per heavy atom. The number of anilines is 1. The van der Waals surface area contributed by atoms with Crippen molar-refractivity contribution in [1.82, 2.24) is 0 Å². The molecule has 1 aliphatic rings. The highest BCUT2D eigenvalue weighted by atomic mass is 32.2. The molecule has 0 fully saturated rings. The van der Waals surface area contributed by atoms with Crippen LogP contribution in [0.4, 0.5) is 5.69 Å². The van der Waals surface area contributed by atoms with E-state index in [2.05, 4.69) is 4.99 Å². The average molecular weight is 625 g/mol. The van der Waals surface area contributed by atoms with E-state index in [1.54, 1.807) is 42.5 Å². The first-order valence-corrected chi connectivity index (χ1v) is 15.3. The van der Waals surface area contributed by atoms with Crippen molar-refractivity contribution in [1.29, 1.82) is 0 Å². The number of nitrogens with zero attached hydrogens (tertiary/aromatic N) is 2. The van der Waals surface area contributed by atoms with Gasteiger partial charge in [0.25, 0.3) is 26.1 Å². The Morgan fingerprint density at radius 1 is 0.767 bits per heavy atom. The molecular weight excluding hydrogens is 600 g/mol. The van der Waals surface area contributed by atoms with Gasteiger partial charge >= 0.3 is 0 Å². The van der Waals surface area contributed by atoms with Crippen LogP contribution in [0.2, 0.25) is 0 Å². The van der Waals surface area contributed by atoms with Crippen molar-refractivity contribution in [3.63, 3.8) is 0 Å². The Balaban J connectivity index is 1.78. The number of aliphatic imine (C=N–C) groups is 1. The monoisotopic (exact) mass is 624 g/mol. The second kappa shape index (κ2) is 11.1. The van der Waals surface area contributed by atoms with E-state index in [0.717, 1.165) is 11.0 Å². The predicted molar refractivity (Wildman–Crippen MR) is 158 cm³/mol. The topological polar surface area (TPSA) is 169 Å². The standard InChI is InChI=1S/C29H24N2O10S2/c1-39-23-15-17(16-24(40-2)26(23)41-3)14-21-29(32)31(28(30-21)18-8-5-4-6-9-18)22-13-12-19-20(27(22)43(36,37)38)10-7-11-25(19)42(33,34)35/h4-16H,1-3H3,(H,33,34,35)(H,36,37,38)/b21-14-. The van der Waals surface area contributed by atoms with Crippen LogP contribution in [0.3, 0.4) is 0 Å². The summed E-state index contributed by atoms with van der Waals surface area (Å²) in [7, 11) is -5.53. The van der Waals surface area contributed by atoms with E-state index in [1.165, 1.54) is 51.7 Å². The van der Waals surface area contributed by atoms with Gasteiger partial charge in [0.2, 0.25) is 5.75 Å². The third-order valence-corrected chi connectivity index (χ3v) is 8.47. The number of carbonyl (C=O) groups excluding carboxylic acids is 1. The van der Waals surface area contributed by atoms with Gasteiger partial charge in [-0.3, -0.25) is 18.8 Å². The highest BCUT2D eigenvalue weighted by molar-refractivity contribution is 7.86. The molecule has 0 unspecified atom stereocenters. The first-order valence-electron chi connectivity index (χ1n) is 12.4. The molecule has 4 aromatic rings. The summed E-state index contributed by atoms with van der Waals surface area (Å²) in [5, 5.41) is -0.420. The third-order valence-electron chi connectivity index (χ3n) is 6.61. The summed E-state index contributed by atoms with van der Waals surface area (Å²) in [6.07, 6.45) is 1.44. The molecule has 0 bridgehead atoms. The zero-order valence-corrected chi connectivity index (χ0v) is 24.5. The van der Waals surface area contributed by atoms with Crippen molar-refractivity contribution in [3.8, 4) is 17.2 Å². The maximum atomic E-state index is 14.0. The molecule has 14 heteroatoms. The Hall–Kier alpha value is -4.76. The zero-order chi connectivity index (χ0) is 31.1. The second-order valence-electron chi connectivity index (χ2n) is 9.15. The quantitative estimate of drug-likeness (QED) is 0.214. The molecule has 0 radical (unpaired) electrons. The van der Waals surface area contributed by atoms with Crippen LogP contribution in [0.5, 0.6) is 17.2 Å². The van der Waals surface area contributed by atoms with Gasteiger partial charge in [0.05, 0.1) is 27.0 Å². The molecule has 43 heavy (non-hydrogen) atoms. The number of benzene rings is 4. The predicted octanol–water partition coefficient (Wildman–Crippen LogP) is 4.19. The van der Waals surface area contributed by atoms with Crippen LogP contribution in [-0.2, 0) is 25.0 Å². The number of hydrogen-bond donors (Lipinski definition) is 2. The SMILES string of the molecule is COc1cc(/C=C2\N=C(c3ccccc3)N(c3ccc4c(S(=O)(=O)O)cccc4c3S(=O)(=O)O)C2=O)cc(OC)c1OC. The van der Waals surface area contributed by atoms with Crippen LogP contribution >= 0.6 is 0 Å². The lowest BCUT2D eigenvalue weighted by molar-refractivity contribution is -0.113. The zero-order valence-electron chi connectivity index (χ0n) is 22.9. The minimum Gasteiger partial charge on any atom is -0.493 e. The molecule has 222 valence electrons. The van der Waals surface area contributed by atoms with E-state index in [-0.39, 0.29) is 28.0 Å². The number of ether oxygens (including phenoxy) is 3. The molecule has 0 atom stereocenters. The summed E-state index contributed by atoms with van der Waals surface area (Å²) in [4.78, 5) is 18.2. The average Bonchev–Trinajstić information content (AvgIpc) is 3.30. The Morgan fingerprint density at radius 3 is 1.98 bits per heavy atom. The summed E-state index contributed by atoms with van der Waals surface area (Å²) >= 11 is 0. The van der Waals surface area contributed by atoms with Gasteiger partial charge in [-0.1, -0.05) is 48.5 Å². The molecule has 0 saturated heterocycles. The smallest absolute Gasteiger partial charge is 0.297 e. The summed E-state index contributed by atoms with van der Waals surface area (Å²) in [5.41, 5.74) is 0.504. The number of amidine groups is 1.